The summed E-state index contributed by atoms with van der Waals surface area (Å²) in [5, 5.41) is 0.933. The van der Waals surface area contributed by atoms with Crippen molar-refractivity contribution < 1.29 is 4.79 Å². The lowest BCUT2D eigenvalue weighted by Crippen LogP contribution is -2.47. The lowest BCUT2D eigenvalue weighted by molar-refractivity contribution is 0.0966. The highest BCUT2D eigenvalue weighted by atomic mass is 16.2. The number of aryl methyl sites for hydroxylation is 2. The molecule has 3 heterocycles. The van der Waals surface area contributed by atoms with E-state index in [9.17, 15) is 4.79 Å². The van der Waals surface area contributed by atoms with Crippen LogP contribution >= 0.6 is 0 Å². The minimum absolute atomic E-state index is 0.101. The van der Waals surface area contributed by atoms with Crippen molar-refractivity contribution in [1.29, 1.82) is 0 Å². The molecular formula is C24H25N3O. The number of likely N-dealkylation sites (N-methyl/N-ethyl adjacent to an activating group) is 1. The molecule has 1 amide bonds. The standard InChI is InChI=1S/C24H25N3O/c1-15-8-9-22-18(12-15)20-14-26(3)11-10-23(20)27(22)24(28)19-13-16(2)25-21-7-5-4-6-17(19)21/h4-9,12-13,20,23H,10-11,14H2,1-3H3/t20-,23+/m0/s1. The van der Waals surface area contributed by atoms with E-state index in [0.29, 0.717) is 5.92 Å². The van der Waals surface area contributed by atoms with Gasteiger partial charge in [-0.2, -0.15) is 0 Å². The first-order chi connectivity index (χ1) is 13.5. The van der Waals surface area contributed by atoms with Gasteiger partial charge in [-0.1, -0.05) is 35.9 Å². The number of hydrogen-bond acceptors (Lipinski definition) is 3. The highest BCUT2D eigenvalue weighted by Crippen LogP contribution is 2.45. The number of piperidine rings is 1. The molecule has 142 valence electrons. The van der Waals surface area contributed by atoms with E-state index in [2.05, 4.69) is 47.0 Å². The van der Waals surface area contributed by atoms with Gasteiger partial charge >= 0.3 is 0 Å². The number of carbonyl (C=O) groups excluding carboxylic acids is 1. The summed E-state index contributed by atoms with van der Waals surface area (Å²) in [4.78, 5) is 23.0. The fraction of sp³-hybridized carbons (Fsp3) is 0.333. The molecule has 1 aromatic heterocycles. The van der Waals surface area contributed by atoms with Crippen molar-refractivity contribution in [3.63, 3.8) is 0 Å². The number of fused-ring (bicyclic) bond motifs is 4. The smallest absolute Gasteiger partial charge is 0.259 e. The van der Waals surface area contributed by atoms with E-state index in [1.54, 1.807) is 0 Å². The normalized spacial score (nSPS) is 21.6. The molecule has 28 heavy (non-hydrogen) atoms. The van der Waals surface area contributed by atoms with Crippen molar-refractivity contribution >= 4 is 22.5 Å². The van der Waals surface area contributed by atoms with E-state index >= 15 is 0 Å². The van der Waals surface area contributed by atoms with Crippen molar-refractivity contribution in [2.24, 2.45) is 0 Å². The molecule has 0 bridgehead atoms. The Bertz CT molecular complexity index is 1090. The summed E-state index contributed by atoms with van der Waals surface area (Å²) in [6, 6.07) is 16.7. The molecule has 0 radical (unpaired) electrons. The maximum absolute atomic E-state index is 13.9. The van der Waals surface area contributed by atoms with Crippen LogP contribution in [0.4, 0.5) is 5.69 Å². The lowest BCUT2D eigenvalue weighted by atomic mass is 9.88. The van der Waals surface area contributed by atoms with E-state index in [4.69, 9.17) is 0 Å². The van der Waals surface area contributed by atoms with Crippen molar-refractivity contribution in [3.05, 3.63) is 70.9 Å². The van der Waals surface area contributed by atoms with Gasteiger partial charge in [0.15, 0.2) is 0 Å². The van der Waals surface area contributed by atoms with Crippen molar-refractivity contribution in [1.82, 2.24) is 9.88 Å². The zero-order valence-electron chi connectivity index (χ0n) is 16.6. The number of rotatable bonds is 1. The van der Waals surface area contributed by atoms with Crippen molar-refractivity contribution in [3.8, 4) is 0 Å². The van der Waals surface area contributed by atoms with Crippen LogP contribution in [0.5, 0.6) is 0 Å². The third-order valence-electron chi connectivity index (χ3n) is 6.25. The molecule has 2 aliphatic heterocycles. The summed E-state index contributed by atoms with van der Waals surface area (Å²) in [5.41, 5.74) is 6.18. The zero-order valence-corrected chi connectivity index (χ0v) is 16.6. The Hall–Kier alpha value is -2.72. The van der Waals surface area contributed by atoms with Gasteiger partial charge in [0.2, 0.25) is 0 Å². The van der Waals surface area contributed by atoms with Gasteiger partial charge in [0, 0.05) is 35.3 Å². The first kappa shape index (κ1) is 17.4. The molecule has 0 N–H and O–H groups in total. The molecule has 0 aliphatic carbocycles. The van der Waals surface area contributed by atoms with Gasteiger partial charge in [0.05, 0.1) is 11.1 Å². The maximum Gasteiger partial charge on any atom is 0.259 e. The van der Waals surface area contributed by atoms with Crippen LogP contribution < -0.4 is 4.90 Å². The Labute approximate surface area is 165 Å². The monoisotopic (exact) mass is 371 g/mol. The third kappa shape index (κ3) is 2.63. The summed E-state index contributed by atoms with van der Waals surface area (Å²) >= 11 is 0. The van der Waals surface area contributed by atoms with E-state index in [-0.39, 0.29) is 11.9 Å². The summed E-state index contributed by atoms with van der Waals surface area (Å²) in [7, 11) is 2.18. The highest BCUT2D eigenvalue weighted by Gasteiger charge is 2.44. The van der Waals surface area contributed by atoms with Gasteiger partial charge in [0.25, 0.3) is 5.91 Å². The predicted octanol–water partition coefficient (Wildman–Crippen LogP) is 4.30. The molecule has 4 nitrogen and oxygen atoms in total. The molecule has 0 saturated carbocycles. The first-order valence-electron chi connectivity index (χ1n) is 10.0. The lowest BCUT2D eigenvalue weighted by Gasteiger charge is -2.36. The van der Waals surface area contributed by atoms with Crippen LogP contribution in [0, 0.1) is 13.8 Å². The Kier molecular flexibility index (Phi) is 3.98. The molecular weight excluding hydrogens is 346 g/mol. The Morgan fingerprint density at radius 2 is 1.93 bits per heavy atom. The van der Waals surface area contributed by atoms with Gasteiger partial charge in [0.1, 0.15) is 0 Å². The van der Waals surface area contributed by atoms with Gasteiger partial charge < -0.3 is 9.80 Å². The second-order valence-electron chi connectivity index (χ2n) is 8.29. The Morgan fingerprint density at radius 1 is 1.11 bits per heavy atom. The van der Waals surface area contributed by atoms with Gasteiger partial charge in [-0.3, -0.25) is 9.78 Å². The second-order valence-corrected chi connectivity index (χ2v) is 8.29. The van der Waals surface area contributed by atoms with Crippen LogP contribution in [-0.4, -0.2) is 42.0 Å². The maximum atomic E-state index is 13.9. The number of likely N-dealkylation sites (tertiary alicyclic amines) is 1. The Balaban J connectivity index is 1.66. The fourth-order valence-corrected chi connectivity index (χ4v) is 4.96. The van der Waals surface area contributed by atoms with Crippen LogP contribution in [0.3, 0.4) is 0 Å². The summed E-state index contributed by atoms with van der Waals surface area (Å²) in [6.07, 6.45) is 1.00. The van der Waals surface area contributed by atoms with E-state index in [0.717, 1.165) is 47.4 Å². The number of nitrogens with zero attached hydrogens (tertiary/aromatic N) is 3. The number of aromatic nitrogens is 1. The van der Waals surface area contributed by atoms with Crippen LogP contribution in [-0.2, 0) is 0 Å². The molecule has 2 atom stereocenters. The summed E-state index contributed by atoms with van der Waals surface area (Å²) < 4.78 is 0. The zero-order chi connectivity index (χ0) is 19.4. The summed E-state index contributed by atoms with van der Waals surface area (Å²) in [5.74, 6) is 0.482. The molecule has 0 spiro atoms. The topological polar surface area (TPSA) is 36.4 Å². The molecule has 2 aliphatic rings. The number of anilines is 1. The number of hydrogen-bond donors (Lipinski definition) is 0. The molecule has 1 fully saturated rings. The van der Waals surface area contributed by atoms with Crippen molar-refractivity contribution in [2.75, 3.05) is 25.0 Å². The molecule has 2 aromatic carbocycles. The number of pyridine rings is 1. The molecule has 4 heteroatoms. The number of para-hydroxylation sites is 1. The van der Waals surface area contributed by atoms with E-state index in [1.165, 1.54) is 11.1 Å². The van der Waals surface area contributed by atoms with Crippen molar-refractivity contribution in [2.45, 2.75) is 32.2 Å². The molecule has 0 unspecified atom stereocenters. The minimum Gasteiger partial charge on any atom is -0.306 e. The quantitative estimate of drug-likeness (QED) is 0.640. The average Bonchev–Trinajstić information content (AvgIpc) is 2.99. The second kappa shape index (κ2) is 6.42. The largest absolute Gasteiger partial charge is 0.306 e. The minimum atomic E-state index is 0.101. The summed E-state index contributed by atoms with van der Waals surface area (Å²) in [6.45, 7) is 6.12. The highest BCUT2D eigenvalue weighted by molar-refractivity contribution is 6.15. The molecule has 5 rings (SSSR count). The molecule has 1 saturated heterocycles. The third-order valence-corrected chi connectivity index (χ3v) is 6.25. The molecule has 3 aromatic rings. The first-order valence-corrected chi connectivity index (χ1v) is 10.0. The van der Waals surface area contributed by atoms with E-state index < -0.39 is 0 Å². The van der Waals surface area contributed by atoms with Crippen LogP contribution in [0.25, 0.3) is 10.9 Å². The van der Waals surface area contributed by atoms with E-state index in [1.807, 2.05) is 37.3 Å². The SMILES string of the molecule is Cc1ccc2c(c1)[C@@H]1CN(C)CC[C@H]1N2C(=O)c1cc(C)nc2ccccc12. The van der Waals surface area contributed by atoms with Gasteiger partial charge in [-0.15, -0.1) is 0 Å². The number of carbonyl (C=O) groups is 1. The van der Waals surface area contributed by atoms with Crippen LogP contribution in [0.2, 0.25) is 0 Å². The number of amides is 1. The average molecular weight is 371 g/mol. The Morgan fingerprint density at radius 3 is 2.79 bits per heavy atom. The van der Waals surface area contributed by atoms with Gasteiger partial charge in [-0.25, -0.2) is 0 Å². The fourth-order valence-electron chi connectivity index (χ4n) is 4.96. The predicted molar refractivity (Wildman–Crippen MR) is 113 cm³/mol. The van der Waals surface area contributed by atoms with Gasteiger partial charge in [-0.05, 0) is 57.6 Å². The van der Waals surface area contributed by atoms with Crippen LogP contribution in [0.1, 0.15) is 39.5 Å². The number of benzene rings is 2. The van der Waals surface area contributed by atoms with Crippen LogP contribution in [0.15, 0.2) is 48.5 Å².